The number of aromatic nitrogens is 2. The highest BCUT2D eigenvalue weighted by Gasteiger charge is 2.31. The Bertz CT molecular complexity index is 1220. The molecule has 0 radical (unpaired) electrons. The number of rotatable bonds is 8. The molecule has 3 amide bonds. The molecule has 0 aliphatic carbocycles. The van der Waals surface area contributed by atoms with Crippen LogP contribution in [0.5, 0.6) is 11.5 Å². The van der Waals surface area contributed by atoms with Crippen molar-refractivity contribution in [3.63, 3.8) is 0 Å². The number of carbonyl (C=O) groups excluding carboxylic acids is 3. The van der Waals surface area contributed by atoms with Gasteiger partial charge in [-0.15, -0.1) is 11.8 Å². The van der Waals surface area contributed by atoms with Gasteiger partial charge in [-0.25, -0.2) is 9.64 Å². The van der Waals surface area contributed by atoms with Crippen LogP contribution in [0.25, 0.3) is 11.0 Å². The number of hydrogen-bond donors (Lipinski definition) is 1. The minimum atomic E-state index is -0.302. The predicted octanol–water partition coefficient (Wildman–Crippen LogP) is 2.20. The highest BCUT2D eigenvalue weighted by Crippen LogP contribution is 2.29. The minimum absolute atomic E-state index is 0.0543. The smallest absolute Gasteiger partial charge is 0.272 e. The Morgan fingerprint density at radius 3 is 2.59 bits per heavy atom. The fourth-order valence-corrected chi connectivity index (χ4v) is 4.23. The molecule has 2 heterocycles. The van der Waals surface area contributed by atoms with E-state index < -0.39 is 0 Å². The van der Waals surface area contributed by atoms with E-state index in [1.54, 1.807) is 36.4 Å². The van der Waals surface area contributed by atoms with Gasteiger partial charge in [-0.05, 0) is 47.1 Å². The van der Waals surface area contributed by atoms with Gasteiger partial charge in [0, 0.05) is 24.7 Å². The van der Waals surface area contributed by atoms with Crippen LogP contribution in [0.3, 0.4) is 0 Å². The lowest BCUT2D eigenvalue weighted by molar-refractivity contribution is -0.137. The minimum Gasteiger partial charge on any atom is -0.497 e. The molecule has 1 aromatic heterocycles. The number of benzene rings is 2. The second kappa shape index (κ2) is 10.4. The Balaban J connectivity index is 1.31. The summed E-state index contributed by atoms with van der Waals surface area (Å²) < 4.78 is 15.1. The number of thioether (sulfide) groups is 1. The number of fused-ring (bicyclic) bond motifs is 1. The summed E-state index contributed by atoms with van der Waals surface area (Å²) in [4.78, 5) is 38.2. The normalized spacial score (nSPS) is 13.2. The molecule has 1 fully saturated rings. The maximum absolute atomic E-state index is 13.0. The number of hydrazine groups is 1. The fraction of sp³-hybridized carbons (Fsp3) is 0.318. The molecule has 0 atom stereocenters. The Kier molecular flexibility index (Phi) is 7.16. The van der Waals surface area contributed by atoms with Gasteiger partial charge in [-0.1, -0.05) is 0 Å². The van der Waals surface area contributed by atoms with Gasteiger partial charge >= 0.3 is 0 Å². The molecule has 4 rings (SSSR count). The summed E-state index contributed by atoms with van der Waals surface area (Å²) >= 11 is 1.17. The summed E-state index contributed by atoms with van der Waals surface area (Å²) in [5, 5.41) is 13.1. The molecule has 1 saturated heterocycles. The van der Waals surface area contributed by atoms with Crippen LogP contribution in [-0.2, 0) is 9.59 Å². The van der Waals surface area contributed by atoms with E-state index in [0.717, 1.165) is 0 Å². The van der Waals surface area contributed by atoms with Crippen molar-refractivity contribution in [3.8, 4) is 11.5 Å². The summed E-state index contributed by atoms with van der Waals surface area (Å²) in [7, 11) is 3.04. The first-order valence-electron chi connectivity index (χ1n) is 10.4. The summed E-state index contributed by atoms with van der Waals surface area (Å²) in [5.74, 6) is 0.365. The van der Waals surface area contributed by atoms with Gasteiger partial charge in [0.05, 0.1) is 31.4 Å². The first kappa shape index (κ1) is 23.4. The van der Waals surface area contributed by atoms with E-state index in [0.29, 0.717) is 53.3 Å². The molecule has 1 aliphatic rings. The van der Waals surface area contributed by atoms with E-state index in [9.17, 15) is 14.4 Å². The third-order valence-corrected chi connectivity index (χ3v) is 6.11. The highest BCUT2D eigenvalue weighted by molar-refractivity contribution is 8.00. The zero-order valence-corrected chi connectivity index (χ0v) is 19.5. The zero-order valence-electron chi connectivity index (χ0n) is 18.6. The lowest BCUT2D eigenvalue weighted by Gasteiger charge is -2.27. The summed E-state index contributed by atoms with van der Waals surface area (Å²) in [6.07, 6.45) is 0.673. The summed E-state index contributed by atoms with van der Waals surface area (Å²) in [6, 6.07) is 9.94. The molecule has 178 valence electrons. The molecule has 3 aromatic rings. The summed E-state index contributed by atoms with van der Waals surface area (Å²) in [5.41, 5.74) is 1.89. The van der Waals surface area contributed by atoms with Crippen LogP contribution in [-0.4, -0.2) is 76.9 Å². The van der Waals surface area contributed by atoms with Crippen molar-refractivity contribution in [1.29, 1.82) is 0 Å². The molecule has 12 heteroatoms. The number of anilines is 1. The highest BCUT2D eigenvalue weighted by atomic mass is 32.2. The first-order valence-corrected chi connectivity index (χ1v) is 11.6. The van der Waals surface area contributed by atoms with Gasteiger partial charge in [-0.3, -0.25) is 19.4 Å². The van der Waals surface area contributed by atoms with E-state index in [-0.39, 0.29) is 29.2 Å². The Morgan fingerprint density at radius 2 is 1.79 bits per heavy atom. The Labute approximate surface area is 199 Å². The average Bonchev–Trinajstić information content (AvgIpc) is 3.52. The lowest BCUT2D eigenvalue weighted by Crippen LogP contribution is -2.45. The zero-order chi connectivity index (χ0) is 24.1. The van der Waals surface area contributed by atoms with E-state index >= 15 is 0 Å². The second-order valence-corrected chi connectivity index (χ2v) is 8.36. The molecule has 34 heavy (non-hydrogen) atoms. The number of hydrogen-bond acceptors (Lipinski definition) is 9. The molecule has 2 aromatic carbocycles. The topological polar surface area (TPSA) is 127 Å². The SMILES string of the molecule is COc1ccc(OC)c(NC(=O)CSCC(=O)N2CCCN2C(=O)c2ccc3nonc3c2)c1. The van der Waals surface area contributed by atoms with Gasteiger partial charge < -0.3 is 14.8 Å². The molecule has 0 spiro atoms. The molecule has 0 bridgehead atoms. The van der Waals surface area contributed by atoms with Crippen LogP contribution >= 0.6 is 11.8 Å². The number of ether oxygens (including phenoxy) is 2. The monoisotopic (exact) mass is 485 g/mol. The molecule has 1 N–H and O–H groups in total. The largest absolute Gasteiger partial charge is 0.497 e. The van der Waals surface area contributed by atoms with Crippen molar-refractivity contribution in [2.24, 2.45) is 0 Å². The van der Waals surface area contributed by atoms with Crippen LogP contribution in [0.1, 0.15) is 16.8 Å². The van der Waals surface area contributed by atoms with Crippen molar-refractivity contribution in [1.82, 2.24) is 20.3 Å². The van der Waals surface area contributed by atoms with Gasteiger partial charge in [-0.2, -0.15) is 0 Å². The van der Waals surface area contributed by atoms with Crippen LogP contribution in [0.4, 0.5) is 5.69 Å². The van der Waals surface area contributed by atoms with Gasteiger partial charge in [0.2, 0.25) is 5.91 Å². The first-order chi connectivity index (χ1) is 16.5. The quantitative estimate of drug-likeness (QED) is 0.511. The predicted molar refractivity (Wildman–Crippen MR) is 125 cm³/mol. The summed E-state index contributed by atoms with van der Waals surface area (Å²) in [6.45, 7) is 0.868. The molecular weight excluding hydrogens is 462 g/mol. The molecule has 0 saturated carbocycles. The number of amides is 3. The Hall–Kier alpha value is -3.80. The maximum atomic E-state index is 13.0. The standard InChI is InChI=1S/C22H23N5O6S/c1-31-15-5-7-19(32-2)18(11-15)23-20(28)12-34-13-21(29)26-8-3-9-27(26)22(30)14-4-6-16-17(10-14)25-33-24-16/h4-7,10-11H,3,8-9,12-13H2,1-2H3,(H,23,28). The number of nitrogens with zero attached hydrogens (tertiary/aromatic N) is 4. The van der Waals surface area contributed by atoms with E-state index in [1.807, 2.05) is 0 Å². The third-order valence-electron chi connectivity index (χ3n) is 5.19. The number of nitrogens with one attached hydrogen (secondary N) is 1. The number of carbonyl (C=O) groups is 3. The van der Waals surface area contributed by atoms with E-state index in [2.05, 4.69) is 20.3 Å². The van der Waals surface area contributed by atoms with Crippen molar-refractivity contribution in [3.05, 3.63) is 42.0 Å². The van der Waals surface area contributed by atoms with Crippen LogP contribution in [0, 0.1) is 0 Å². The lowest BCUT2D eigenvalue weighted by atomic mass is 10.2. The van der Waals surface area contributed by atoms with Crippen LogP contribution in [0.2, 0.25) is 0 Å². The second-order valence-electron chi connectivity index (χ2n) is 7.37. The van der Waals surface area contributed by atoms with Crippen molar-refractivity contribution in [2.75, 3.05) is 44.1 Å². The van der Waals surface area contributed by atoms with E-state index in [1.165, 1.54) is 36.0 Å². The van der Waals surface area contributed by atoms with Crippen molar-refractivity contribution in [2.45, 2.75) is 6.42 Å². The van der Waals surface area contributed by atoms with Crippen LogP contribution < -0.4 is 14.8 Å². The molecular formula is C22H23N5O6S. The molecule has 1 aliphatic heterocycles. The molecule has 11 nitrogen and oxygen atoms in total. The number of methoxy groups -OCH3 is 2. The maximum Gasteiger partial charge on any atom is 0.272 e. The fourth-order valence-electron chi connectivity index (χ4n) is 3.55. The van der Waals surface area contributed by atoms with Gasteiger partial charge in [0.1, 0.15) is 22.5 Å². The van der Waals surface area contributed by atoms with Crippen molar-refractivity contribution >= 4 is 46.2 Å². The average molecular weight is 486 g/mol. The molecule has 0 unspecified atom stereocenters. The Morgan fingerprint density at radius 1 is 1.00 bits per heavy atom. The van der Waals surface area contributed by atoms with Gasteiger partial charge in [0.25, 0.3) is 11.8 Å². The third kappa shape index (κ3) is 5.06. The van der Waals surface area contributed by atoms with Crippen LogP contribution in [0.15, 0.2) is 41.0 Å². The van der Waals surface area contributed by atoms with Crippen molar-refractivity contribution < 1.29 is 28.5 Å². The van der Waals surface area contributed by atoms with Gasteiger partial charge in [0.15, 0.2) is 0 Å². The van der Waals surface area contributed by atoms with E-state index in [4.69, 9.17) is 9.47 Å².